The largest absolute Gasteiger partial charge is 0.481 e. The fourth-order valence-electron chi connectivity index (χ4n) is 2.26. The molecule has 2 N–H and O–H groups in total. The molecule has 2 atom stereocenters. The van der Waals surface area contributed by atoms with Gasteiger partial charge in [0.1, 0.15) is 12.0 Å². The molecule has 2 saturated heterocycles. The van der Waals surface area contributed by atoms with E-state index in [1.54, 1.807) is 18.9 Å². The molecule has 0 aromatic carbocycles. The Morgan fingerprint density at radius 1 is 1.45 bits per heavy atom. The van der Waals surface area contributed by atoms with Crippen molar-refractivity contribution in [3.63, 3.8) is 0 Å². The lowest BCUT2D eigenvalue weighted by molar-refractivity contribution is -0.148. The number of carbonyl (C=O) groups is 3. The molecule has 0 aromatic rings. The molecule has 0 spiro atoms. The summed E-state index contributed by atoms with van der Waals surface area (Å²) >= 11 is 0. The predicted octanol–water partition coefficient (Wildman–Crippen LogP) is -1.04. The molecule has 2 fully saturated rings. The van der Waals surface area contributed by atoms with Crippen LogP contribution in [0.15, 0.2) is 0 Å². The highest BCUT2D eigenvalue weighted by molar-refractivity contribution is 5.86. The van der Waals surface area contributed by atoms with Crippen LogP contribution in [0.3, 0.4) is 0 Å². The first-order valence-corrected chi connectivity index (χ1v) is 6.45. The maximum absolute atomic E-state index is 12.1. The zero-order valence-corrected chi connectivity index (χ0v) is 11.6. The average Bonchev–Trinajstić information content (AvgIpc) is 2.75. The van der Waals surface area contributed by atoms with Crippen molar-refractivity contribution in [1.29, 1.82) is 0 Å². The van der Waals surface area contributed by atoms with Crippen molar-refractivity contribution in [2.45, 2.75) is 13.0 Å². The van der Waals surface area contributed by atoms with Gasteiger partial charge < -0.3 is 25.0 Å². The highest BCUT2D eigenvalue weighted by Crippen LogP contribution is 2.28. The Hall–Kier alpha value is -1.83. The van der Waals surface area contributed by atoms with Gasteiger partial charge in [-0.25, -0.2) is 4.79 Å². The molecule has 0 aliphatic carbocycles. The van der Waals surface area contributed by atoms with Gasteiger partial charge in [-0.1, -0.05) is 0 Å². The predicted molar refractivity (Wildman–Crippen MR) is 68.1 cm³/mol. The summed E-state index contributed by atoms with van der Waals surface area (Å²) in [4.78, 5) is 37.9. The molecule has 0 bridgehead atoms. The Morgan fingerprint density at radius 3 is 2.75 bits per heavy atom. The number of aliphatic carboxylic acids is 1. The van der Waals surface area contributed by atoms with Crippen LogP contribution in [0.4, 0.5) is 4.79 Å². The molecule has 20 heavy (non-hydrogen) atoms. The van der Waals surface area contributed by atoms with Crippen molar-refractivity contribution in [2.24, 2.45) is 5.41 Å². The van der Waals surface area contributed by atoms with Crippen molar-refractivity contribution >= 4 is 17.9 Å². The van der Waals surface area contributed by atoms with Crippen LogP contribution in [0.5, 0.6) is 0 Å². The summed E-state index contributed by atoms with van der Waals surface area (Å²) in [6.07, 6.45) is 0. The molecule has 2 rings (SSSR count). The number of carbonyl (C=O) groups excluding carboxylic acids is 2. The third kappa shape index (κ3) is 2.55. The molecule has 3 amide bonds. The van der Waals surface area contributed by atoms with E-state index in [1.807, 2.05) is 0 Å². The number of piperazine rings is 1. The lowest BCUT2D eigenvalue weighted by Crippen LogP contribution is -2.58. The standard InChI is InChI=1S/C12H19N3O5/c1-12(10(17)18)7-20-6-8(12)13-11(19)15-4-3-14(2)9(16)5-15/h8H,3-7H2,1-2H3,(H,13,19)(H,17,18). The van der Waals surface area contributed by atoms with Crippen LogP contribution in [0, 0.1) is 5.41 Å². The maximum Gasteiger partial charge on any atom is 0.318 e. The third-order valence-electron chi connectivity index (χ3n) is 3.99. The molecule has 2 unspecified atom stereocenters. The molecule has 0 aromatic heterocycles. The van der Waals surface area contributed by atoms with Gasteiger partial charge in [-0.15, -0.1) is 0 Å². The number of hydrogen-bond acceptors (Lipinski definition) is 4. The van der Waals surface area contributed by atoms with Crippen LogP contribution in [-0.4, -0.2) is 78.8 Å². The Balaban J connectivity index is 1.98. The second-order valence-corrected chi connectivity index (χ2v) is 5.48. The molecular formula is C12H19N3O5. The lowest BCUT2D eigenvalue weighted by atomic mass is 9.85. The molecule has 2 aliphatic heterocycles. The maximum atomic E-state index is 12.1. The molecular weight excluding hydrogens is 266 g/mol. The average molecular weight is 285 g/mol. The molecule has 8 nitrogen and oxygen atoms in total. The van der Waals surface area contributed by atoms with Crippen LogP contribution in [0.25, 0.3) is 0 Å². The number of amides is 3. The summed E-state index contributed by atoms with van der Waals surface area (Å²) in [6, 6.07) is -1.02. The van der Waals surface area contributed by atoms with Crippen molar-refractivity contribution < 1.29 is 24.2 Å². The summed E-state index contributed by atoms with van der Waals surface area (Å²) in [5, 5.41) is 11.9. The van der Waals surface area contributed by atoms with Crippen molar-refractivity contribution in [3.8, 4) is 0 Å². The minimum atomic E-state index is -1.13. The van der Waals surface area contributed by atoms with E-state index in [0.717, 1.165) is 0 Å². The van der Waals surface area contributed by atoms with E-state index in [9.17, 15) is 19.5 Å². The molecule has 0 saturated carbocycles. The van der Waals surface area contributed by atoms with Gasteiger partial charge in [0.15, 0.2) is 0 Å². The fraction of sp³-hybridized carbons (Fsp3) is 0.750. The summed E-state index contributed by atoms with van der Waals surface area (Å²) < 4.78 is 5.17. The second kappa shape index (κ2) is 5.28. The van der Waals surface area contributed by atoms with E-state index in [4.69, 9.17) is 4.74 Å². The first kappa shape index (κ1) is 14.6. The highest BCUT2D eigenvalue weighted by Gasteiger charge is 2.47. The van der Waals surface area contributed by atoms with Gasteiger partial charge >= 0.3 is 12.0 Å². The molecule has 2 aliphatic rings. The van der Waals surface area contributed by atoms with Crippen LogP contribution in [0.1, 0.15) is 6.92 Å². The number of nitrogens with zero attached hydrogens (tertiary/aromatic N) is 2. The van der Waals surface area contributed by atoms with Gasteiger partial charge in [0.2, 0.25) is 5.91 Å². The van der Waals surface area contributed by atoms with Crippen molar-refractivity contribution in [3.05, 3.63) is 0 Å². The van der Waals surface area contributed by atoms with E-state index < -0.39 is 23.5 Å². The minimum Gasteiger partial charge on any atom is -0.481 e. The third-order valence-corrected chi connectivity index (χ3v) is 3.99. The van der Waals surface area contributed by atoms with E-state index in [-0.39, 0.29) is 25.7 Å². The van der Waals surface area contributed by atoms with Crippen LogP contribution in [-0.2, 0) is 14.3 Å². The van der Waals surface area contributed by atoms with Gasteiger partial charge in [-0.05, 0) is 6.92 Å². The normalized spacial score (nSPS) is 30.5. The fourth-order valence-corrected chi connectivity index (χ4v) is 2.26. The van der Waals surface area contributed by atoms with Crippen molar-refractivity contribution in [1.82, 2.24) is 15.1 Å². The number of hydrogen-bond donors (Lipinski definition) is 2. The first-order valence-electron chi connectivity index (χ1n) is 6.45. The second-order valence-electron chi connectivity index (χ2n) is 5.48. The molecule has 8 heteroatoms. The monoisotopic (exact) mass is 285 g/mol. The number of urea groups is 1. The summed E-state index contributed by atoms with van der Waals surface area (Å²) in [7, 11) is 1.68. The molecule has 112 valence electrons. The van der Waals surface area contributed by atoms with Gasteiger partial charge in [0.05, 0.1) is 19.3 Å². The van der Waals surface area contributed by atoms with E-state index in [1.165, 1.54) is 4.90 Å². The Morgan fingerprint density at radius 2 is 2.15 bits per heavy atom. The minimum absolute atomic E-state index is 0.0136. The Kier molecular flexibility index (Phi) is 3.85. The van der Waals surface area contributed by atoms with Crippen LogP contribution < -0.4 is 5.32 Å². The quantitative estimate of drug-likeness (QED) is 0.675. The molecule has 2 heterocycles. The van der Waals surface area contributed by atoms with E-state index in [2.05, 4.69) is 5.32 Å². The first-order chi connectivity index (χ1) is 9.34. The molecule has 0 radical (unpaired) electrons. The van der Waals surface area contributed by atoms with Gasteiger partial charge in [0.25, 0.3) is 0 Å². The summed E-state index contributed by atoms with van der Waals surface area (Å²) in [5.74, 6) is -1.13. The number of carboxylic acid groups (broad SMARTS) is 1. The van der Waals surface area contributed by atoms with Gasteiger partial charge in [0, 0.05) is 20.1 Å². The lowest BCUT2D eigenvalue weighted by Gasteiger charge is -2.34. The van der Waals surface area contributed by atoms with E-state index >= 15 is 0 Å². The van der Waals surface area contributed by atoms with Gasteiger partial charge in [-0.2, -0.15) is 0 Å². The zero-order chi connectivity index (χ0) is 14.9. The zero-order valence-electron chi connectivity index (χ0n) is 11.6. The number of likely N-dealkylation sites (N-methyl/N-ethyl adjacent to an activating group) is 1. The number of rotatable bonds is 2. The smallest absolute Gasteiger partial charge is 0.318 e. The van der Waals surface area contributed by atoms with Crippen molar-refractivity contribution in [2.75, 3.05) is 39.9 Å². The number of carboxylic acids is 1. The van der Waals surface area contributed by atoms with E-state index in [0.29, 0.717) is 13.1 Å². The highest BCUT2D eigenvalue weighted by atomic mass is 16.5. The topological polar surface area (TPSA) is 99.2 Å². The van der Waals surface area contributed by atoms with Crippen LogP contribution in [0.2, 0.25) is 0 Å². The summed E-state index contributed by atoms with van der Waals surface area (Å²) in [6.45, 7) is 2.70. The Labute approximate surface area is 116 Å². The number of nitrogens with one attached hydrogen (secondary N) is 1. The Bertz CT molecular complexity index is 441. The van der Waals surface area contributed by atoms with Gasteiger partial charge in [-0.3, -0.25) is 9.59 Å². The summed E-state index contributed by atoms with van der Waals surface area (Å²) in [5.41, 5.74) is -1.13. The number of ether oxygens (including phenoxy) is 1. The van der Waals surface area contributed by atoms with Crippen LogP contribution >= 0.6 is 0 Å². The SMILES string of the molecule is CN1CCN(C(=O)NC2COCC2(C)C(=O)O)CC1=O.